The van der Waals surface area contributed by atoms with E-state index in [0.29, 0.717) is 37.5 Å². The largest absolute Gasteiger partial charge is 0.382 e. The van der Waals surface area contributed by atoms with Gasteiger partial charge in [0.1, 0.15) is 0 Å². The van der Waals surface area contributed by atoms with E-state index in [4.69, 9.17) is 9.47 Å². The monoisotopic (exact) mass is 389 g/mol. The summed E-state index contributed by atoms with van der Waals surface area (Å²) in [6, 6.07) is 16.8. The molecule has 0 spiro atoms. The Balaban J connectivity index is 1.87. The molecule has 0 radical (unpaired) electrons. The number of rotatable bonds is 8. The number of hydrogen-bond donors (Lipinski definition) is 0. The van der Waals surface area contributed by atoms with Crippen molar-refractivity contribution >= 4 is 10.0 Å². The predicted molar refractivity (Wildman–Crippen MR) is 105 cm³/mol. The SMILES string of the molecule is COCCO[C@@H]1CCN(S(=O)(=O)c2cccc(C)c2)[C@H]1Cc1ccccc1. The van der Waals surface area contributed by atoms with Gasteiger partial charge in [0, 0.05) is 13.7 Å². The van der Waals surface area contributed by atoms with Crippen molar-refractivity contribution in [1.82, 2.24) is 4.31 Å². The van der Waals surface area contributed by atoms with Crippen molar-refractivity contribution in [2.75, 3.05) is 26.9 Å². The highest BCUT2D eigenvalue weighted by molar-refractivity contribution is 7.89. The van der Waals surface area contributed by atoms with Crippen molar-refractivity contribution in [2.45, 2.75) is 36.8 Å². The lowest BCUT2D eigenvalue weighted by Crippen LogP contribution is -2.42. The van der Waals surface area contributed by atoms with Crippen molar-refractivity contribution in [3.63, 3.8) is 0 Å². The van der Waals surface area contributed by atoms with Crippen LogP contribution in [0.5, 0.6) is 0 Å². The summed E-state index contributed by atoms with van der Waals surface area (Å²) in [6.07, 6.45) is 1.18. The third-order valence-electron chi connectivity index (χ3n) is 4.94. The van der Waals surface area contributed by atoms with Gasteiger partial charge in [0.05, 0.1) is 30.3 Å². The van der Waals surface area contributed by atoms with Gasteiger partial charge in [-0.1, -0.05) is 42.5 Å². The summed E-state index contributed by atoms with van der Waals surface area (Å²) < 4.78 is 39.3. The highest BCUT2D eigenvalue weighted by atomic mass is 32.2. The van der Waals surface area contributed by atoms with Crippen molar-refractivity contribution in [1.29, 1.82) is 0 Å². The van der Waals surface area contributed by atoms with Gasteiger partial charge < -0.3 is 9.47 Å². The number of hydrogen-bond acceptors (Lipinski definition) is 4. The van der Waals surface area contributed by atoms with Crippen LogP contribution in [0, 0.1) is 6.92 Å². The number of sulfonamides is 1. The lowest BCUT2D eigenvalue weighted by atomic mass is 10.0. The molecule has 146 valence electrons. The Morgan fingerprint density at radius 2 is 1.85 bits per heavy atom. The van der Waals surface area contributed by atoms with Gasteiger partial charge in [-0.05, 0) is 43.0 Å². The number of aryl methyl sites for hydroxylation is 1. The summed E-state index contributed by atoms with van der Waals surface area (Å²) in [6.45, 7) is 3.33. The number of methoxy groups -OCH3 is 1. The highest BCUT2D eigenvalue weighted by Gasteiger charge is 2.42. The van der Waals surface area contributed by atoms with Crippen LogP contribution in [0.1, 0.15) is 17.5 Å². The van der Waals surface area contributed by atoms with E-state index in [9.17, 15) is 8.42 Å². The second-order valence-electron chi connectivity index (χ2n) is 6.88. The van der Waals surface area contributed by atoms with Crippen LogP contribution in [0.3, 0.4) is 0 Å². The van der Waals surface area contributed by atoms with E-state index < -0.39 is 10.0 Å². The molecule has 1 saturated heterocycles. The summed E-state index contributed by atoms with van der Waals surface area (Å²) in [5.74, 6) is 0. The highest BCUT2D eigenvalue weighted by Crippen LogP contribution is 2.30. The minimum absolute atomic E-state index is 0.139. The molecule has 0 bridgehead atoms. The van der Waals surface area contributed by atoms with Gasteiger partial charge in [-0.15, -0.1) is 0 Å². The second kappa shape index (κ2) is 8.97. The van der Waals surface area contributed by atoms with Crippen LogP contribution in [-0.4, -0.2) is 51.7 Å². The number of ether oxygens (including phenoxy) is 2. The quantitative estimate of drug-likeness (QED) is 0.651. The number of benzene rings is 2. The first-order chi connectivity index (χ1) is 13.0. The second-order valence-corrected chi connectivity index (χ2v) is 8.77. The zero-order valence-electron chi connectivity index (χ0n) is 15.9. The normalized spacial score (nSPS) is 20.8. The Labute approximate surface area is 162 Å². The summed E-state index contributed by atoms with van der Waals surface area (Å²) in [5.41, 5.74) is 2.04. The molecule has 0 saturated carbocycles. The van der Waals surface area contributed by atoms with Gasteiger partial charge in [0.25, 0.3) is 0 Å². The Morgan fingerprint density at radius 3 is 2.56 bits per heavy atom. The first-order valence-electron chi connectivity index (χ1n) is 9.25. The molecule has 0 aromatic heterocycles. The molecule has 0 aliphatic carbocycles. The van der Waals surface area contributed by atoms with Gasteiger partial charge in [-0.2, -0.15) is 4.31 Å². The summed E-state index contributed by atoms with van der Waals surface area (Å²) >= 11 is 0. The number of nitrogens with zero attached hydrogens (tertiary/aromatic N) is 1. The summed E-state index contributed by atoms with van der Waals surface area (Å²) in [7, 11) is -1.94. The van der Waals surface area contributed by atoms with Gasteiger partial charge in [0.15, 0.2) is 0 Å². The average Bonchev–Trinajstić information content (AvgIpc) is 3.06. The van der Waals surface area contributed by atoms with Gasteiger partial charge >= 0.3 is 0 Å². The Kier molecular flexibility index (Phi) is 6.65. The predicted octanol–water partition coefficient (Wildman–Crippen LogP) is 3.03. The first-order valence-corrected chi connectivity index (χ1v) is 10.7. The summed E-state index contributed by atoms with van der Waals surface area (Å²) in [5, 5.41) is 0. The van der Waals surface area contributed by atoms with Gasteiger partial charge in [-0.25, -0.2) is 8.42 Å². The summed E-state index contributed by atoms with van der Waals surface area (Å²) in [4.78, 5) is 0.345. The zero-order chi connectivity index (χ0) is 19.3. The van der Waals surface area contributed by atoms with E-state index in [1.807, 2.05) is 43.3 Å². The van der Waals surface area contributed by atoms with E-state index in [1.54, 1.807) is 29.6 Å². The molecule has 1 aliphatic heterocycles. The van der Waals surface area contributed by atoms with Crippen molar-refractivity contribution in [2.24, 2.45) is 0 Å². The van der Waals surface area contributed by atoms with E-state index in [1.165, 1.54) is 0 Å². The smallest absolute Gasteiger partial charge is 0.243 e. The van der Waals surface area contributed by atoms with Crippen LogP contribution in [0.15, 0.2) is 59.5 Å². The van der Waals surface area contributed by atoms with Crippen LogP contribution in [0.4, 0.5) is 0 Å². The molecule has 3 rings (SSSR count). The molecule has 6 heteroatoms. The minimum Gasteiger partial charge on any atom is -0.382 e. The lowest BCUT2D eigenvalue weighted by molar-refractivity contribution is 0.00637. The first kappa shape index (κ1) is 20.0. The van der Waals surface area contributed by atoms with Crippen molar-refractivity contribution in [3.05, 3.63) is 65.7 Å². The van der Waals surface area contributed by atoms with Crippen LogP contribution >= 0.6 is 0 Å². The minimum atomic E-state index is -3.57. The van der Waals surface area contributed by atoms with Gasteiger partial charge in [-0.3, -0.25) is 0 Å². The molecule has 2 atom stereocenters. The van der Waals surface area contributed by atoms with Crippen LogP contribution in [-0.2, 0) is 25.9 Å². The Hall–Kier alpha value is -1.73. The van der Waals surface area contributed by atoms with Crippen LogP contribution in [0.25, 0.3) is 0 Å². The molecule has 5 nitrogen and oxygen atoms in total. The third kappa shape index (κ3) is 4.76. The Bertz CT molecular complexity index is 838. The molecule has 27 heavy (non-hydrogen) atoms. The molecule has 2 aromatic carbocycles. The molecule has 1 heterocycles. The molecule has 2 aromatic rings. The van der Waals surface area contributed by atoms with Crippen LogP contribution < -0.4 is 0 Å². The van der Waals surface area contributed by atoms with Crippen molar-refractivity contribution < 1.29 is 17.9 Å². The van der Waals surface area contributed by atoms with E-state index in [2.05, 4.69) is 0 Å². The maximum atomic E-state index is 13.3. The topological polar surface area (TPSA) is 55.8 Å². The third-order valence-corrected chi connectivity index (χ3v) is 6.86. The van der Waals surface area contributed by atoms with Crippen molar-refractivity contribution in [3.8, 4) is 0 Å². The van der Waals surface area contributed by atoms with E-state index in [-0.39, 0.29) is 12.1 Å². The molecule has 0 amide bonds. The Morgan fingerprint density at radius 1 is 1.07 bits per heavy atom. The average molecular weight is 390 g/mol. The fourth-order valence-corrected chi connectivity index (χ4v) is 5.34. The van der Waals surface area contributed by atoms with Gasteiger partial charge in [0.2, 0.25) is 10.0 Å². The maximum Gasteiger partial charge on any atom is 0.243 e. The molecule has 1 aliphatic rings. The molecule has 0 unspecified atom stereocenters. The fraction of sp³-hybridized carbons (Fsp3) is 0.429. The molecule has 0 N–H and O–H groups in total. The van der Waals surface area contributed by atoms with E-state index in [0.717, 1.165) is 11.1 Å². The standard InChI is InChI=1S/C21H27NO4S/c1-17-7-6-10-19(15-17)27(23,24)22-12-11-21(26-14-13-25-2)20(22)16-18-8-4-3-5-9-18/h3-10,15,20-21H,11-14,16H2,1-2H3/t20-,21+/m0/s1. The maximum absolute atomic E-state index is 13.3. The lowest BCUT2D eigenvalue weighted by Gasteiger charge is -2.28. The van der Waals surface area contributed by atoms with Crippen LogP contribution in [0.2, 0.25) is 0 Å². The fourth-order valence-electron chi connectivity index (χ4n) is 3.57. The van der Waals surface area contributed by atoms with E-state index >= 15 is 0 Å². The molecular weight excluding hydrogens is 362 g/mol. The molecule has 1 fully saturated rings. The molecular formula is C21H27NO4S. The zero-order valence-corrected chi connectivity index (χ0v) is 16.7.